The summed E-state index contributed by atoms with van der Waals surface area (Å²) >= 11 is 5.73. The third-order valence-corrected chi connectivity index (χ3v) is 2.97. The molecule has 114 valence electrons. The molecule has 1 rings (SSSR count). The Labute approximate surface area is 125 Å². The summed E-state index contributed by atoms with van der Waals surface area (Å²) in [6.07, 6.45) is 0.914. The zero-order valence-corrected chi connectivity index (χ0v) is 12.3. The summed E-state index contributed by atoms with van der Waals surface area (Å²) in [6.45, 7) is 4.91. The summed E-state index contributed by atoms with van der Waals surface area (Å²) in [5.74, 6) is -2.05. The Hall–Kier alpha value is -2.22. The summed E-state index contributed by atoms with van der Waals surface area (Å²) < 4.78 is 0. The van der Waals surface area contributed by atoms with E-state index in [0.29, 0.717) is 0 Å². The van der Waals surface area contributed by atoms with Crippen LogP contribution in [0.4, 0.5) is 5.69 Å². The maximum absolute atomic E-state index is 12.1. The van der Waals surface area contributed by atoms with Crippen LogP contribution in [-0.2, 0) is 4.79 Å². The number of hydrogen-bond donors (Lipinski definition) is 2. The lowest BCUT2D eigenvalue weighted by Crippen LogP contribution is -2.49. The van der Waals surface area contributed by atoms with Crippen LogP contribution in [0.1, 0.15) is 31.1 Å². The van der Waals surface area contributed by atoms with Crippen molar-refractivity contribution in [1.82, 2.24) is 10.3 Å². The van der Waals surface area contributed by atoms with Gasteiger partial charge in [-0.3, -0.25) is 14.9 Å². The van der Waals surface area contributed by atoms with E-state index in [1.54, 1.807) is 20.8 Å². The molecule has 0 aliphatic heterocycles. The van der Waals surface area contributed by atoms with Crippen molar-refractivity contribution < 1.29 is 19.6 Å². The predicted molar refractivity (Wildman–Crippen MR) is 74.2 cm³/mol. The van der Waals surface area contributed by atoms with E-state index < -0.39 is 33.9 Å². The fraction of sp³-hybridized carbons (Fsp3) is 0.417. The number of nitro groups is 1. The SMILES string of the molecule is CC(C)(C)[C@@H](NC(=O)c1cc([N+](=O)[O-])cnc1Cl)C(=O)O. The molecule has 0 unspecified atom stereocenters. The number of nitrogens with one attached hydrogen (secondary N) is 1. The van der Waals surface area contributed by atoms with Crippen molar-refractivity contribution >= 4 is 29.2 Å². The number of carbonyl (C=O) groups excluding carboxylic acids is 1. The highest BCUT2D eigenvalue weighted by Gasteiger charge is 2.33. The lowest BCUT2D eigenvalue weighted by atomic mass is 9.86. The first-order valence-electron chi connectivity index (χ1n) is 5.87. The molecule has 9 heteroatoms. The minimum Gasteiger partial charge on any atom is -0.480 e. The third-order valence-electron chi connectivity index (χ3n) is 2.67. The van der Waals surface area contributed by atoms with Crippen molar-refractivity contribution in [1.29, 1.82) is 0 Å². The van der Waals surface area contributed by atoms with E-state index in [-0.39, 0.29) is 10.7 Å². The molecule has 0 spiro atoms. The number of nitrogens with zero attached hydrogens (tertiary/aromatic N) is 2. The summed E-state index contributed by atoms with van der Waals surface area (Å²) in [5.41, 5.74) is -1.41. The second-order valence-electron chi connectivity index (χ2n) is 5.40. The van der Waals surface area contributed by atoms with Crippen molar-refractivity contribution in [2.45, 2.75) is 26.8 Å². The van der Waals surface area contributed by atoms with E-state index >= 15 is 0 Å². The minimum atomic E-state index is -1.22. The Morgan fingerprint density at radius 2 is 2.05 bits per heavy atom. The average Bonchev–Trinajstić information content (AvgIpc) is 2.33. The van der Waals surface area contributed by atoms with Crippen LogP contribution in [0.2, 0.25) is 5.15 Å². The molecule has 21 heavy (non-hydrogen) atoms. The maximum Gasteiger partial charge on any atom is 0.326 e. The topological polar surface area (TPSA) is 122 Å². The van der Waals surface area contributed by atoms with Crippen molar-refractivity contribution in [3.8, 4) is 0 Å². The molecule has 0 aromatic carbocycles. The van der Waals surface area contributed by atoms with Crippen LogP contribution in [-0.4, -0.2) is 32.9 Å². The van der Waals surface area contributed by atoms with Crippen molar-refractivity contribution in [2.24, 2.45) is 5.41 Å². The number of halogens is 1. The minimum absolute atomic E-state index is 0.240. The van der Waals surface area contributed by atoms with Crippen molar-refractivity contribution in [3.05, 3.63) is 33.1 Å². The average molecular weight is 316 g/mol. The van der Waals surface area contributed by atoms with E-state index in [0.717, 1.165) is 12.3 Å². The first-order valence-corrected chi connectivity index (χ1v) is 6.25. The molecular weight excluding hydrogens is 302 g/mol. The molecule has 0 fully saturated rings. The first kappa shape index (κ1) is 16.8. The molecule has 0 radical (unpaired) electrons. The van der Waals surface area contributed by atoms with Gasteiger partial charge < -0.3 is 10.4 Å². The van der Waals surface area contributed by atoms with Crippen LogP contribution < -0.4 is 5.32 Å². The van der Waals surface area contributed by atoms with Gasteiger partial charge in [-0.2, -0.15) is 0 Å². The molecular formula is C12H14ClN3O5. The molecule has 1 aromatic rings. The summed E-state index contributed by atoms with van der Waals surface area (Å²) in [6, 6.07) is -0.230. The molecule has 0 saturated heterocycles. The molecule has 0 bridgehead atoms. The number of hydrogen-bond acceptors (Lipinski definition) is 5. The Kier molecular flexibility index (Phi) is 4.84. The summed E-state index contributed by atoms with van der Waals surface area (Å²) in [5, 5.41) is 21.9. The highest BCUT2D eigenvalue weighted by molar-refractivity contribution is 6.32. The largest absolute Gasteiger partial charge is 0.480 e. The smallest absolute Gasteiger partial charge is 0.326 e. The number of carboxylic acid groups (broad SMARTS) is 1. The van der Waals surface area contributed by atoms with Gasteiger partial charge >= 0.3 is 5.97 Å². The van der Waals surface area contributed by atoms with Crippen LogP contribution in [0.3, 0.4) is 0 Å². The molecule has 2 N–H and O–H groups in total. The van der Waals surface area contributed by atoms with E-state index in [9.17, 15) is 19.7 Å². The number of aromatic nitrogens is 1. The molecule has 1 aromatic heterocycles. The molecule has 1 amide bonds. The van der Waals surface area contributed by atoms with Gasteiger partial charge in [-0.1, -0.05) is 32.4 Å². The van der Waals surface area contributed by atoms with Crippen LogP contribution in [0, 0.1) is 15.5 Å². The van der Waals surface area contributed by atoms with Gasteiger partial charge in [0.15, 0.2) is 0 Å². The zero-order valence-electron chi connectivity index (χ0n) is 11.6. The number of aliphatic carboxylic acids is 1. The van der Waals surface area contributed by atoms with Gasteiger partial charge in [-0.25, -0.2) is 9.78 Å². The highest BCUT2D eigenvalue weighted by Crippen LogP contribution is 2.22. The second-order valence-corrected chi connectivity index (χ2v) is 5.76. The van der Waals surface area contributed by atoms with E-state index in [1.165, 1.54) is 0 Å². The van der Waals surface area contributed by atoms with Gasteiger partial charge in [0.25, 0.3) is 11.6 Å². The number of amides is 1. The monoisotopic (exact) mass is 315 g/mol. The highest BCUT2D eigenvalue weighted by atomic mass is 35.5. The molecule has 1 atom stereocenters. The first-order chi connectivity index (χ1) is 9.54. The van der Waals surface area contributed by atoms with Gasteiger partial charge in [-0.05, 0) is 5.41 Å². The molecule has 1 heterocycles. The van der Waals surface area contributed by atoms with Gasteiger partial charge in [0.1, 0.15) is 17.4 Å². The molecule has 0 aliphatic carbocycles. The molecule has 0 saturated carbocycles. The lowest BCUT2D eigenvalue weighted by molar-refractivity contribution is -0.385. The number of pyridine rings is 1. The van der Waals surface area contributed by atoms with Gasteiger partial charge in [0.05, 0.1) is 10.5 Å². The predicted octanol–water partition coefficient (Wildman–Crippen LogP) is 1.87. The van der Waals surface area contributed by atoms with Crippen LogP contribution in [0.15, 0.2) is 12.3 Å². The molecule has 8 nitrogen and oxygen atoms in total. The zero-order chi connectivity index (χ0) is 16.4. The standard InChI is InChI=1S/C12H14ClN3O5/c1-12(2,3)8(11(18)19)15-10(17)7-4-6(16(20)21)5-14-9(7)13/h4-5,8H,1-3H3,(H,15,17)(H,18,19)/t8-/m0/s1. The second kappa shape index (κ2) is 6.04. The van der Waals surface area contributed by atoms with Gasteiger partial charge in [-0.15, -0.1) is 0 Å². The lowest BCUT2D eigenvalue weighted by Gasteiger charge is -2.27. The van der Waals surface area contributed by atoms with E-state index in [4.69, 9.17) is 16.7 Å². The van der Waals surface area contributed by atoms with Gasteiger partial charge in [0.2, 0.25) is 0 Å². The fourth-order valence-corrected chi connectivity index (χ4v) is 1.74. The van der Waals surface area contributed by atoms with Crippen molar-refractivity contribution in [2.75, 3.05) is 0 Å². The number of carboxylic acids is 1. The van der Waals surface area contributed by atoms with Gasteiger partial charge in [0, 0.05) is 6.07 Å². The van der Waals surface area contributed by atoms with Crippen LogP contribution >= 0.6 is 11.6 Å². The Morgan fingerprint density at radius 3 is 2.48 bits per heavy atom. The normalized spacial score (nSPS) is 12.6. The fourth-order valence-electron chi connectivity index (χ4n) is 1.55. The Morgan fingerprint density at radius 1 is 1.48 bits per heavy atom. The van der Waals surface area contributed by atoms with Crippen LogP contribution in [0.25, 0.3) is 0 Å². The van der Waals surface area contributed by atoms with Crippen molar-refractivity contribution in [3.63, 3.8) is 0 Å². The Bertz CT molecular complexity index is 597. The maximum atomic E-state index is 12.1. The Balaban J connectivity index is 3.11. The summed E-state index contributed by atoms with van der Waals surface area (Å²) in [4.78, 5) is 36.8. The molecule has 0 aliphatic rings. The number of carbonyl (C=O) groups is 2. The van der Waals surface area contributed by atoms with E-state index in [2.05, 4.69) is 10.3 Å². The summed E-state index contributed by atoms with van der Waals surface area (Å²) in [7, 11) is 0. The quantitative estimate of drug-likeness (QED) is 0.497. The third kappa shape index (κ3) is 4.12. The number of rotatable bonds is 4. The van der Waals surface area contributed by atoms with Crippen LogP contribution in [0.5, 0.6) is 0 Å². The van der Waals surface area contributed by atoms with E-state index in [1.807, 2.05) is 0 Å².